The van der Waals surface area contributed by atoms with Crippen LogP contribution in [0.25, 0.3) is 0 Å². The number of nitrogens with zero attached hydrogens (tertiary/aromatic N) is 2. The topological polar surface area (TPSA) is 116 Å². The number of piperazine rings is 1. The number of hydrogen-bond acceptors (Lipinski definition) is 5. The molecule has 2 heterocycles. The summed E-state index contributed by atoms with van der Waals surface area (Å²) < 4.78 is 27.1. The summed E-state index contributed by atoms with van der Waals surface area (Å²) in [6.07, 6.45) is 2.01. The maximum atomic E-state index is 13.3. The van der Waals surface area contributed by atoms with Gasteiger partial charge in [0.2, 0.25) is 21.8 Å². The van der Waals surface area contributed by atoms with E-state index in [1.807, 2.05) is 18.2 Å². The molecule has 174 valence electrons. The van der Waals surface area contributed by atoms with Crippen LogP contribution in [0.4, 0.5) is 5.69 Å². The van der Waals surface area contributed by atoms with Crippen molar-refractivity contribution in [2.45, 2.75) is 30.2 Å². The van der Waals surface area contributed by atoms with Crippen molar-refractivity contribution in [2.75, 3.05) is 31.5 Å². The number of nitrogens with one attached hydrogen (secondary N) is 2. The summed E-state index contributed by atoms with van der Waals surface area (Å²) in [5, 5.41) is 5.39. The van der Waals surface area contributed by atoms with Gasteiger partial charge in [0.25, 0.3) is 5.91 Å². The molecule has 10 heteroatoms. The number of hydrogen-bond donors (Lipinski definition) is 2. The lowest BCUT2D eigenvalue weighted by Gasteiger charge is -2.34. The zero-order chi connectivity index (χ0) is 23.4. The summed E-state index contributed by atoms with van der Waals surface area (Å²) in [7, 11) is -3.90. The molecular weight excluding hydrogens is 444 g/mol. The summed E-state index contributed by atoms with van der Waals surface area (Å²) in [5.74, 6) is -0.848. The molecule has 0 aromatic heterocycles. The Morgan fingerprint density at radius 2 is 1.79 bits per heavy atom. The molecule has 2 saturated heterocycles. The molecule has 3 amide bonds. The highest BCUT2D eigenvalue weighted by molar-refractivity contribution is 7.89. The zero-order valence-corrected chi connectivity index (χ0v) is 18.9. The third-order valence-corrected chi connectivity index (χ3v) is 7.62. The number of rotatable bonds is 6. The standard InChI is InChI=1S/C23H26N4O5S/c28-20-16-26(14-12-24-20)33(31,32)19-10-6-9-18(15-19)25-23(30)22(17-7-2-1-3-8-17)27-13-5-4-11-21(27)29/h1-3,6-10,15,22H,4-5,11-14,16H2,(H,24,28)(H,25,30). The molecule has 2 aliphatic heterocycles. The van der Waals surface area contributed by atoms with Gasteiger partial charge < -0.3 is 15.5 Å². The van der Waals surface area contributed by atoms with Crippen LogP contribution >= 0.6 is 0 Å². The van der Waals surface area contributed by atoms with Crippen LogP contribution in [0.15, 0.2) is 59.5 Å². The van der Waals surface area contributed by atoms with Crippen molar-refractivity contribution in [1.82, 2.24) is 14.5 Å². The monoisotopic (exact) mass is 470 g/mol. The van der Waals surface area contributed by atoms with Gasteiger partial charge in [-0.15, -0.1) is 0 Å². The molecule has 0 aliphatic carbocycles. The van der Waals surface area contributed by atoms with Gasteiger partial charge in [-0.3, -0.25) is 14.4 Å². The molecule has 33 heavy (non-hydrogen) atoms. The molecule has 2 N–H and O–H groups in total. The number of amides is 3. The lowest BCUT2D eigenvalue weighted by Crippen LogP contribution is -2.49. The van der Waals surface area contributed by atoms with E-state index in [-0.39, 0.29) is 36.3 Å². The summed E-state index contributed by atoms with van der Waals surface area (Å²) in [4.78, 5) is 39.1. The van der Waals surface area contributed by atoms with Crippen molar-refractivity contribution in [2.24, 2.45) is 0 Å². The average molecular weight is 471 g/mol. The summed E-state index contributed by atoms with van der Waals surface area (Å²) in [6, 6.07) is 14.2. The van der Waals surface area contributed by atoms with E-state index in [4.69, 9.17) is 0 Å². The first-order valence-corrected chi connectivity index (χ1v) is 12.3. The van der Waals surface area contributed by atoms with Gasteiger partial charge in [-0.2, -0.15) is 4.31 Å². The van der Waals surface area contributed by atoms with Gasteiger partial charge >= 0.3 is 0 Å². The molecule has 4 rings (SSSR count). The van der Waals surface area contributed by atoms with Crippen molar-refractivity contribution in [1.29, 1.82) is 0 Å². The lowest BCUT2D eigenvalue weighted by molar-refractivity contribution is -0.141. The Hall–Kier alpha value is -3.24. The van der Waals surface area contributed by atoms with Gasteiger partial charge in [0.1, 0.15) is 6.04 Å². The molecular formula is C23H26N4O5S. The van der Waals surface area contributed by atoms with E-state index >= 15 is 0 Å². The molecule has 0 spiro atoms. The summed E-state index contributed by atoms with van der Waals surface area (Å²) in [5.41, 5.74) is 0.987. The van der Waals surface area contributed by atoms with Crippen LogP contribution in [0.3, 0.4) is 0 Å². The smallest absolute Gasteiger partial charge is 0.251 e. The normalized spacial score (nSPS) is 18.5. The first kappa shape index (κ1) is 22.9. The fraction of sp³-hybridized carbons (Fsp3) is 0.348. The van der Waals surface area contributed by atoms with E-state index in [0.29, 0.717) is 24.2 Å². The van der Waals surface area contributed by atoms with E-state index in [0.717, 1.165) is 17.1 Å². The van der Waals surface area contributed by atoms with Gasteiger partial charge in [-0.25, -0.2) is 8.42 Å². The Labute approximate surface area is 192 Å². The number of benzene rings is 2. The predicted molar refractivity (Wildman–Crippen MR) is 122 cm³/mol. The van der Waals surface area contributed by atoms with Crippen molar-refractivity contribution in [3.63, 3.8) is 0 Å². The highest BCUT2D eigenvalue weighted by atomic mass is 32.2. The average Bonchev–Trinajstić information content (AvgIpc) is 2.81. The highest BCUT2D eigenvalue weighted by Crippen LogP contribution is 2.28. The maximum Gasteiger partial charge on any atom is 0.251 e. The fourth-order valence-electron chi connectivity index (χ4n) is 4.12. The third-order valence-electron chi connectivity index (χ3n) is 5.78. The van der Waals surface area contributed by atoms with Gasteiger partial charge in [-0.05, 0) is 36.6 Å². The van der Waals surface area contributed by atoms with Crippen LogP contribution in [-0.4, -0.2) is 61.5 Å². The molecule has 2 aromatic carbocycles. The van der Waals surface area contributed by atoms with Crippen LogP contribution in [0.1, 0.15) is 30.9 Å². The minimum absolute atomic E-state index is 0.0136. The summed E-state index contributed by atoms with van der Waals surface area (Å²) >= 11 is 0. The first-order chi connectivity index (χ1) is 15.9. The Balaban J connectivity index is 1.59. The zero-order valence-electron chi connectivity index (χ0n) is 18.1. The number of anilines is 1. The lowest BCUT2D eigenvalue weighted by atomic mass is 10.0. The van der Waals surface area contributed by atoms with E-state index in [9.17, 15) is 22.8 Å². The van der Waals surface area contributed by atoms with E-state index in [1.54, 1.807) is 23.1 Å². The minimum Gasteiger partial charge on any atom is -0.354 e. The molecule has 2 fully saturated rings. The second kappa shape index (κ2) is 9.72. The van der Waals surface area contributed by atoms with Crippen molar-refractivity contribution >= 4 is 33.4 Å². The molecule has 9 nitrogen and oxygen atoms in total. The largest absolute Gasteiger partial charge is 0.354 e. The first-order valence-electron chi connectivity index (χ1n) is 10.9. The van der Waals surface area contributed by atoms with E-state index in [2.05, 4.69) is 10.6 Å². The van der Waals surface area contributed by atoms with Crippen LogP contribution < -0.4 is 10.6 Å². The molecule has 0 bridgehead atoms. The van der Waals surface area contributed by atoms with Crippen molar-refractivity contribution in [3.8, 4) is 0 Å². The number of piperidine rings is 1. The van der Waals surface area contributed by atoms with Gasteiger partial charge in [0.15, 0.2) is 0 Å². The molecule has 1 atom stereocenters. The highest BCUT2D eigenvalue weighted by Gasteiger charge is 2.33. The van der Waals surface area contributed by atoms with Gasteiger partial charge in [0, 0.05) is 31.7 Å². The van der Waals surface area contributed by atoms with Crippen LogP contribution in [0.5, 0.6) is 0 Å². The SMILES string of the molecule is O=C1CN(S(=O)(=O)c2cccc(NC(=O)C(c3ccccc3)N3CCCCC3=O)c2)CCN1. The molecule has 0 saturated carbocycles. The fourth-order valence-corrected chi connectivity index (χ4v) is 5.57. The maximum absolute atomic E-state index is 13.3. The van der Waals surface area contributed by atoms with Crippen molar-refractivity contribution in [3.05, 3.63) is 60.2 Å². The van der Waals surface area contributed by atoms with Crippen LogP contribution in [0, 0.1) is 0 Å². The second-order valence-electron chi connectivity index (χ2n) is 8.06. The molecule has 0 radical (unpaired) electrons. The number of carbonyl (C=O) groups excluding carboxylic acids is 3. The Morgan fingerprint density at radius 3 is 2.52 bits per heavy atom. The molecule has 2 aliphatic rings. The quantitative estimate of drug-likeness (QED) is 0.664. The second-order valence-corrected chi connectivity index (χ2v) is 10.0. The molecule has 2 aromatic rings. The van der Waals surface area contributed by atoms with E-state index < -0.39 is 22.0 Å². The number of likely N-dealkylation sites (tertiary alicyclic amines) is 1. The van der Waals surface area contributed by atoms with Crippen molar-refractivity contribution < 1.29 is 22.8 Å². The summed E-state index contributed by atoms with van der Waals surface area (Å²) in [6.45, 7) is 0.665. The van der Waals surface area contributed by atoms with Crippen LogP contribution in [0.2, 0.25) is 0 Å². The minimum atomic E-state index is -3.90. The van der Waals surface area contributed by atoms with Gasteiger partial charge in [-0.1, -0.05) is 36.4 Å². The molecule has 1 unspecified atom stereocenters. The Kier molecular flexibility index (Phi) is 6.75. The van der Waals surface area contributed by atoms with Crippen LogP contribution in [-0.2, 0) is 24.4 Å². The Bertz CT molecular complexity index is 1150. The Morgan fingerprint density at radius 1 is 1.00 bits per heavy atom. The number of carbonyl (C=O) groups is 3. The van der Waals surface area contributed by atoms with Gasteiger partial charge in [0.05, 0.1) is 11.4 Å². The van der Waals surface area contributed by atoms with E-state index in [1.165, 1.54) is 18.2 Å². The third kappa shape index (κ3) is 5.07. The number of sulfonamides is 1. The predicted octanol–water partition coefficient (Wildman–Crippen LogP) is 1.50.